The molecule has 0 aliphatic heterocycles. The zero-order valence-corrected chi connectivity index (χ0v) is 26.8. The fraction of sp³-hybridized carbons (Fsp3) is 0.545. The van der Waals surface area contributed by atoms with Crippen molar-refractivity contribution >= 4 is 28.6 Å². The van der Waals surface area contributed by atoms with E-state index in [4.69, 9.17) is 5.73 Å². The normalized spacial score (nSPS) is 19.3. The molecule has 0 saturated heterocycles. The first-order chi connectivity index (χ1) is 19.1. The third-order valence-corrected chi connectivity index (χ3v) is 11.5. The zero-order chi connectivity index (χ0) is 28.9. The van der Waals surface area contributed by atoms with Crippen molar-refractivity contribution in [2.75, 3.05) is 28.2 Å². The minimum atomic E-state index is -0.00174. The fourth-order valence-electron chi connectivity index (χ4n) is 6.87. The number of aryl methyl sites for hydroxylation is 1. The Labute approximate surface area is 249 Å². The minimum Gasteiger partial charge on any atom is -0.343 e. The second-order valence-corrected chi connectivity index (χ2v) is 14.0. The number of benzene rings is 1. The van der Waals surface area contributed by atoms with Gasteiger partial charge in [0.25, 0.3) is 5.91 Å². The van der Waals surface area contributed by atoms with Gasteiger partial charge in [-0.2, -0.15) is 0 Å². The maximum absolute atomic E-state index is 13.1. The van der Waals surface area contributed by atoms with Crippen molar-refractivity contribution in [1.82, 2.24) is 15.1 Å². The SMILES string of the molecule is CN(C)C1(C(N)c2cccs2)CCCC1.Cc1cccc(C(=O)NC(c2cccs2)C2(N(C)C)CCCC2)c1C. The van der Waals surface area contributed by atoms with Crippen LogP contribution in [-0.2, 0) is 0 Å². The Morgan fingerprint density at radius 3 is 1.82 bits per heavy atom. The minimum absolute atomic E-state index is 0.00174. The van der Waals surface area contributed by atoms with Crippen LogP contribution in [0.1, 0.15) is 94.7 Å². The molecule has 0 radical (unpaired) electrons. The van der Waals surface area contributed by atoms with E-state index in [9.17, 15) is 4.79 Å². The molecule has 2 fully saturated rings. The number of thiophene rings is 2. The predicted octanol–water partition coefficient (Wildman–Crippen LogP) is 7.33. The van der Waals surface area contributed by atoms with E-state index in [0.717, 1.165) is 29.5 Å². The zero-order valence-electron chi connectivity index (χ0n) is 25.2. The number of carbonyl (C=O) groups excluding carboxylic acids is 1. The molecule has 5 rings (SSSR count). The van der Waals surface area contributed by atoms with Crippen LogP contribution >= 0.6 is 22.7 Å². The van der Waals surface area contributed by atoms with E-state index in [1.807, 2.05) is 19.1 Å². The molecule has 2 atom stereocenters. The largest absolute Gasteiger partial charge is 0.343 e. The van der Waals surface area contributed by atoms with Gasteiger partial charge in [-0.1, -0.05) is 49.9 Å². The van der Waals surface area contributed by atoms with Crippen molar-refractivity contribution in [2.45, 2.75) is 88.4 Å². The van der Waals surface area contributed by atoms with Crippen LogP contribution in [0.2, 0.25) is 0 Å². The van der Waals surface area contributed by atoms with Crippen LogP contribution in [0.4, 0.5) is 0 Å². The number of nitrogens with zero attached hydrogens (tertiary/aromatic N) is 2. The van der Waals surface area contributed by atoms with E-state index in [-0.39, 0.29) is 29.1 Å². The Morgan fingerprint density at radius 1 is 0.800 bits per heavy atom. The van der Waals surface area contributed by atoms with Gasteiger partial charge in [-0.15, -0.1) is 22.7 Å². The number of nitrogens with one attached hydrogen (secondary N) is 1. The maximum atomic E-state index is 13.1. The standard InChI is InChI=1S/C21H28N2OS.C12H20N2S/c1-15-9-7-10-17(16(15)2)20(24)22-19(18-11-8-14-25-18)21(23(3)4)12-5-6-13-21;1-14(2)12(7-3-4-8-12)11(13)10-6-5-9-15-10/h7-11,14,19H,5-6,12-13H2,1-4H3,(H,22,24);5-6,9,11H,3-4,7-8,13H2,1-2H3. The average Bonchev–Trinajstić information content (AvgIpc) is 3.77. The van der Waals surface area contributed by atoms with E-state index in [2.05, 4.69) is 91.3 Å². The van der Waals surface area contributed by atoms with Crippen molar-refractivity contribution < 1.29 is 4.79 Å². The third kappa shape index (κ3) is 6.24. The van der Waals surface area contributed by atoms with E-state index in [0.29, 0.717) is 0 Å². The number of amides is 1. The third-order valence-electron chi connectivity index (χ3n) is 9.64. The molecule has 218 valence electrons. The van der Waals surface area contributed by atoms with Crippen LogP contribution in [-0.4, -0.2) is 55.0 Å². The molecule has 0 spiro atoms. The van der Waals surface area contributed by atoms with Crippen molar-refractivity contribution in [1.29, 1.82) is 0 Å². The molecule has 1 aromatic carbocycles. The number of carbonyl (C=O) groups is 1. The lowest BCUT2D eigenvalue weighted by Gasteiger charge is -2.43. The molecule has 2 aliphatic rings. The smallest absolute Gasteiger partial charge is 0.252 e. The number of nitrogens with two attached hydrogens (primary N) is 1. The average molecular weight is 581 g/mol. The van der Waals surface area contributed by atoms with Crippen LogP contribution in [0.5, 0.6) is 0 Å². The summed E-state index contributed by atoms with van der Waals surface area (Å²) in [5, 5.41) is 7.62. The first kappa shape index (κ1) is 30.9. The molecule has 40 heavy (non-hydrogen) atoms. The van der Waals surface area contributed by atoms with E-state index < -0.39 is 0 Å². The van der Waals surface area contributed by atoms with Gasteiger partial charge in [0, 0.05) is 26.4 Å². The Hall–Kier alpha value is -2.03. The molecule has 3 aromatic rings. The Bertz CT molecular complexity index is 1210. The van der Waals surface area contributed by atoms with Crippen LogP contribution in [0.3, 0.4) is 0 Å². The fourth-order valence-corrected chi connectivity index (χ4v) is 8.59. The number of hydrogen-bond donors (Lipinski definition) is 2. The first-order valence-corrected chi connectivity index (χ1v) is 16.4. The molecule has 7 heteroatoms. The van der Waals surface area contributed by atoms with Crippen molar-refractivity contribution in [3.8, 4) is 0 Å². The molecule has 2 aromatic heterocycles. The van der Waals surface area contributed by atoms with Crippen molar-refractivity contribution in [2.24, 2.45) is 5.73 Å². The Balaban J connectivity index is 0.000000210. The lowest BCUT2D eigenvalue weighted by atomic mass is 9.85. The summed E-state index contributed by atoms with van der Waals surface area (Å²) < 4.78 is 0. The lowest BCUT2D eigenvalue weighted by molar-refractivity contribution is 0.0772. The molecule has 3 N–H and O–H groups in total. The van der Waals surface area contributed by atoms with Crippen LogP contribution < -0.4 is 11.1 Å². The van der Waals surface area contributed by atoms with Crippen LogP contribution in [0, 0.1) is 13.8 Å². The van der Waals surface area contributed by atoms with Crippen molar-refractivity contribution in [3.05, 3.63) is 79.7 Å². The topological polar surface area (TPSA) is 61.6 Å². The van der Waals surface area contributed by atoms with Gasteiger partial charge >= 0.3 is 0 Å². The molecule has 2 aliphatic carbocycles. The molecule has 2 heterocycles. The summed E-state index contributed by atoms with van der Waals surface area (Å²) in [6.45, 7) is 4.09. The van der Waals surface area contributed by atoms with Gasteiger partial charge < -0.3 is 20.9 Å². The molecular formula is C33H48N4OS2. The van der Waals surface area contributed by atoms with Gasteiger partial charge in [0.1, 0.15) is 0 Å². The molecule has 2 saturated carbocycles. The monoisotopic (exact) mass is 580 g/mol. The Morgan fingerprint density at radius 2 is 1.32 bits per heavy atom. The van der Waals surface area contributed by atoms with E-state index >= 15 is 0 Å². The van der Waals surface area contributed by atoms with Crippen LogP contribution in [0.15, 0.2) is 53.2 Å². The van der Waals surface area contributed by atoms with Gasteiger partial charge in [-0.3, -0.25) is 4.79 Å². The predicted molar refractivity (Wildman–Crippen MR) is 171 cm³/mol. The van der Waals surface area contributed by atoms with Gasteiger partial charge in [-0.25, -0.2) is 0 Å². The number of rotatable bonds is 8. The van der Waals surface area contributed by atoms with Gasteiger partial charge in [-0.05, 0) is 108 Å². The highest BCUT2D eigenvalue weighted by Gasteiger charge is 2.45. The van der Waals surface area contributed by atoms with Crippen molar-refractivity contribution in [3.63, 3.8) is 0 Å². The number of hydrogen-bond acceptors (Lipinski definition) is 6. The summed E-state index contributed by atoms with van der Waals surface area (Å²) in [7, 11) is 8.63. The maximum Gasteiger partial charge on any atom is 0.252 e. The second-order valence-electron chi connectivity index (χ2n) is 12.1. The Kier molecular flexibility index (Phi) is 10.3. The quantitative estimate of drug-likeness (QED) is 0.293. The highest BCUT2D eigenvalue weighted by Crippen LogP contribution is 2.45. The van der Waals surface area contributed by atoms with Gasteiger partial charge in [0.2, 0.25) is 0 Å². The van der Waals surface area contributed by atoms with Gasteiger partial charge in [0.15, 0.2) is 0 Å². The summed E-state index contributed by atoms with van der Waals surface area (Å²) in [6, 6.07) is 14.7. The summed E-state index contributed by atoms with van der Waals surface area (Å²) in [6.07, 6.45) is 9.79. The van der Waals surface area contributed by atoms with Crippen LogP contribution in [0.25, 0.3) is 0 Å². The molecule has 0 bridgehead atoms. The first-order valence-electron chi connectivity index (χ1n) is 14.7. The molecular weight excluding hydrogens is 533 g/mol. The summed E-state index contributed by atoms with van der Waals surface area (Å²) >= 11 is 3.52. The summed E-state index contributed by atoms with van der Waals surface area (Å²) in [5.74, 6) is 0.0349. The second kappa shape index (κ2) is 13.3. The van der Waals surface area contributed by atoms with E-state index in [1.165, 1.54) is 48.3 Å². The summed E-state index contributed by atoms with van der Waals surface area (Å²) in [5.41, 5.74) is 9.65. The molecule has 5 nitrogen and oxygen atoms in total. The lowest BCUT2D eigenvalue weighted by Crippen LogP contribution is -2.53. The van der Waals surface area contributed by atoms with Gasteiger partial charge in [0.05, 0.1) is 12.1 Å². The van der Waals surface area contributed by atoms with E-state index in [1.54, 1.807) is 22.7 Å². The highest BCUT2D eigenvalue weighted by atomic mass is 32.1. The summed E-state index contributed by atoms with van der Waals surface area (Å²) in [4.78, 5) is 20.4. The molecule has 2 unspecified atom stereocenters. The highest BCUT2D eigenvalue weighted by molar-refractivity contribution is 7.10. The number of likely N-dealkylation sites (N-methyl/N-ethyl adjacent to an activating group) is 2. The molecule has 1 amide bonds.